The molecule has 0 saturated heterocycles. The molecule has 2 atom stereocenters. The summed E-state index contributed by atoms with van der Waals surface area (Å²) in [7, 11) is 0. The van der Waals surface area contributed by atoms with E-state index in [4.69, 9.17) is 0 Å². The standard InChI is InChI=1S/C8H13N3O/c12-8-4-2-1-3-7(8)11-6-9-5-10-11/h5-8,12H,1-4H2. The largest absolute Gasteiger partial charge is 0.391 e. The summed E-state index contributed by atoms with van der Waals surface area (Å²) in [5.74, 6) is 0. The fraction of sp³-hybridized carbons (Fsp3) is 0.750. The number of hydrogen-bond donors (Lipinski definition) is 1. The number of rotatable bonds is 1. The lowest BCUT2D eigenvalue weighted by Gasteiger charge is -2.27. The van der Waals surface area contributed by atoms with E-state index in [0.29, 0.717) is 0 Å². The van der Waals surface area contributed by atoms with Crippen molar-refractivity contribution in [3.05, 3.63) is 12.7 Å². The molecule has 0 spiro atoms. The molecule has 0 bridgehead atoms. The van der Waals surface area contributed by atoms with E-state index in [1.165, 1.54) is 12.7 Å². The molecule has 2 unspecified atom stereocenters. The van der Waals surface area contributed by atoms with Crippen LogP contribution in [0.2, 0.25) is 0 Å². The van der Waals surface area contributed by atoms with Crippen LogP contribution in [0.1, 0.15) is 31.7 Å². The van der Waals surface area contributed by atoms with Gasteiger partial charge in [-0.05, 0) is 12.8 Å². The minimum Gasteiger partial charge on any atom is -0.391 e. The van der Waals surface area contributed by atoms with E-state index in [1.807, 2.05) is 0 Å². The average molecular weight is 167 g/mol. The molecule has 0 aromatic carbocycles. The Morgan fingerprint density at radius 1 is 1.33 bits per heavy atom. The Morgan fingerprint density at radius 3 is 2.83 bits per heavy atom. The van der Waals surface area contributed by atoms with Crippen LogP contribution in [0.25, 0.3) is 0 Å². The quantitative estimate of drug-likeness (QED) is 0.671. The van der Waals surface area contributed by atoms with Gasteiger partial charge in [0, 0.05) is 0 Å². The molecule has 4 heteroatoms. The fourth-order valence-corrected chi connectivity index (χ4v) is 1.79. The minimum absolute atomic E-state index is 0.154. The molecular weight excluding hydrogens is 154 g/mol. The maximum atomic E-state index is 9.65. The minimum atomic E-state index is -0.236. The van der Waals surface area contributed by atoms with Gasteiger partial charge in [0.05, 0.1) is 12.1 Å². The van der Waals surface area contributed by atoms with E-state index >= 15 is 0 Å². The molecule has 0 radical (unpaired) electrons. The molecule has 12 heavy (non-hydrogen) atoms. The van der Waals surface area contributed by atoms with Crippen LogP contribution in [-0.4, -0.2) is 26.0 Å². The first-order valence-electron chi connectivity index (χ1n) is 4.40. The van der Waals surface area contributed by atoms with Crippen LogP contribution in [0.15, 0.2) is 12.7 Å². The third-order valence-corrected chi connectivity index (χ3v) is 2.47. The summed E-state index contributed by atoms with van der Waals surface area (Å²) in [5, 5.41) is 13.7. The zero-order valence-corrected chi connectivity index (χ0v) is 6.93. The zero-order chi connectivity index (χ0) is 8.39. The van der Waals surface area contributed by atoms with Crippen LogP contribution in [-0.2, 0) is 0 Å². The third-order valence-electron chi connectivity index (χ3n) is 2.47. The molecule has 1 N–H and O–H groups in total. The average Bonchev–Trinajstić information content (AvgIpc) is 2.57. The Morgan fingerprint density at radius 2 is 2.17 bits per heavy atom. The first kappa shape index (κ1) is 7.73. The number of aromatic nitrogens is 3. The Bertz CT molecular complexity index is 234. The lowest BCUT2D eigenvalue weighted by atomic mass is 9.93. The second kappa shape index (κ2) is 3.23. The summed E-state index contributed by atoms with van der Waals surface area (Å²) in [4.78, 5) is 3.87. The summed E-state index contributed by atoms with van der Waals surface area (Å²) in [6, 6.07) is 0.154. The summed E-state index contributed by atoms with van der Waals surface area (Å²) in [6.07, 6.45) is 7.18. The molecule has 1 aromatic rings. The van der Waals surface area contributed by atoms with Crippen molar-refractivity contribution in [3.63, 3.8) is 0 Å². The van der Waals surface area contributed by atoms with Gasteiger partial charge < -0.3 is 5.11 Å². The molecule has 2 rings (SSSR count). The summed E-state index contributed by atoms with van der Waals surface area (Å²) in [6.45, 7) is 0. The van der Waals surface area contributed by atoms with Crippen molar-refractivity contribution in [2.45, 2.75) is 37.8 Å². The van der Waals surface area contributed by atoms with Crippen LogP contribution < -0.4 is 0 Å². The van der Waals surface area contributed by atoms with E-state index in [-0.39, 0.29) is 12.1 Å². The molecular formula is C8H13N3O. The van der Waals surface area contributed by atoms with E-state index < -0.39 is 0 Å². The van der Waals surface area contributed by atoms with Crippen molar-refractivity contribution in [1.82, 2.24) is 14.8 Å². The molecule has 1 saturated carbocycles. The van der Waals surface area contributed by atoms with Crippen LogP contribution >= 0.6 is 0 Å². The second-order valence-corrected chi connectivity index (χ2v) is 3.29. The first-order valence-corrected chi connectivity index (χ1v) is 4.40. The van der Waals surface area contributed by atoms with Gasteiger partial charge in [0.25, 0.3) is 0 Å². The van der Waals surface area contributed by atoms with Crippen molar-refractivity contribution >= 4 is 0 Å². The van der Waals surface area contributed by atoms with Crippen LogP contribution in [0.5, 0.6) is 0 Å². The number of nitrogens with zero attached hydrogens (tertiary/aromatic N) is 3. The van der Waals surface area contributed by atoms with Gasteiger partial charge in [0.1, 0.15) is 12.7 Å². The summed E-state index contributed by atoms with van der Waals surface area (Å²) >= 11 is 0. The van der Waals surface area contributed by atoms with E-state index in [1.54, 1.807) is 11.0 Å². The van der Waals surface area contributed by atoms with Gasteiger partial charge in [0.15, 0.2) is 0 Å². The van der Waals surface area contributed by atoms with Crippen molar-refractivity contribution < 1.29 is 5.11 Å². The SMILES string of the molecule is OC1CCCCC1n1cncn1. The highest BCUT2D eigenvalue weighted by Crippen LogP contribution is 2.27. The smallest absolute Gasteiger partial charge is 0.137 e. The van der Waals surface area contributed by atoms with E-state index in [9.17, 15) is 5.11 Å². The molecule has 1 aromatic heterocycles. The fourth-order valence-electron chi connectivity index (χ4n) is 1.79. The van der Waals surface area contributed by atoms with Gasteiger partial charge in [0.2, 0.25) is 0 Å². The van der Waals surface area contributed by atoms with Gasteiger partial charge in [-0.25, -0.2) is 9.67 Å². The highest BCUT2D eigenvalue weighted by atomic mass is 16.3. The second-order valence-electron chi connectivity index (χ2n) is 3.29. The summed E-state index contributed by atoms with van der Waals surface area (Å²) in [5.41, 5.74) is 0. The van der Waals surface area contributed by atoms with Crippen LogP contribution in [0.3, 0.4) is 0 Å². The monoisotopic (exact) mass is 167 g/mol. The van der Waals surface area contributed by atoms with Crippen molar-refractivity contribution in [3.8, 4) is 0 Å². The lowest BCUT2D eigenvalue weighted by molar-refractivity contribution is 0.0693. The van der Waals surface area contributed by atoms with E-state index in [0.717, 1.165) is 19.3 Å². The molecule has 1 fully saturated rings. The molecule has 1 aliphatic carbocycles. The molecule has 4 nitrogen and oxygen atoms in total. The predicted octanol–water partition coefficient (Wildman–Crippen LogP) is 0.754. The lowest BCUT2D eigenvalue weighted by Crippen LogP contribution is -2.27. The third kappa shape index (κ3) is 1.34. The number of aliphatic hydroxyl groups excluding tert-OH is 1. The number of aliphatic hydroxyl groups is 1. The molecule has 0 amide bonds. The van der Waals surface area contributed by atoms with Crippen LogP contribution in [0, 0.1) is 0 Å². The zero-order valence-electron chi connectivity index (χ0n) is 6.93. The van der Waals surface area contributed by atoms with Crippen molar-refractivity contribution in [2.75, 3.05) is 0 Å². The molecule has 0 aliphatic heterocycles. The number of hydrogen-bond acceptors (Lipinski definition) is 3. The highest BCUT2D eigenvalue weighted by Gasteiger charge is 2.24. The van der Waals surface area contributed by atoms with Crippen LogP contribution in [0.4, 0.5) is 0 Å². The first-order chi connectivity index (χ1) is 5.88. The topological polar surface area (TPSA) is 50.9 Å². The Kier molecular flexibility index (Phi) is 2.08. The van der Waals surface area contributed by atoms with Crippen molar-refractivity contribution in [2.24, 2.45) is 0 Å². The van der Waals surface area contributed by atoms with Gasteiger partial charge in [-0.15, -0.1) is 0 Å². The Balaban J connectivity index is 2.11. The van der Waals surface area contributed by atoms with Gasteiger partial charge in [-0.1, -0.05) is 12.8 Å². The maximum absolute atomic E-state index is 9.65. The molecule has 1 aliphatic rings. The maximum Gasteiger partial charge on any atom is 0.137 e. The molecule has 66 valence electrons. The van der Waals surface area contributed by atoms with Gasteiger partial charge in [-0.2, -0.15) is 5.10 Å². The van der Waals surface area contributed by atoms with Gasteiger partial charge in [-0.3, -0.25) is 0 Å². The molecule has 1 heterocycles. The van der Waals surface area contributed by atoms with E-state index in [2.05, 4.69) is 10.1 Å². The summed E-state index contributed by atoms with van der Waals surface area (Å²) < 4.78 is 1.77. The predicted molar refractivity (Wildman–Crippen MR) is 43.5 cm³/mol. The highest BCUT2D eigenvalue weighted by molar-refractivity contribution is 4.79. The van der Waals surface area contributed by atoms with Crippen molar-refractivity contribution in [1.29, 1.82) is 0 Å². The Labute approximate surface area is 71.2 Å². The Hall–Kier alpha value is -0.900. The van der Waals surface area contributed by atoms with Gasteiger partial charge >= 0.3 is 0 Å². The normalized spacial score (nSPS) is 30.4.